The Morgan fingerprint density at radius 1 is 1.30 bits per heavy atom. The van der Waals surface area contributed by atoms with Crippen LogP contribution in [0.4, 0.5) is 0 Å². The average molecular weight is 312 g/mol. The van der Waals surface area contributed by atoms with Crippen molar-refractivity contribution in [1.82, 2.24) is 14.8 Å². The molecule has 23 heavy (non-hydrogen) atoms. The standard InChI is InChI=1S/C18H24N4O/c19-16(10-13-11-20-17-6-2-1-5-15(13)17)18(23)22-9-8-21-7-3-4-14(21)12-22/h1-2,5-6,11,14,16,20H,3-4,7-10,12,19H2/t14?,16-/m0/s1. The molecule has 0 saturated carbocycles. The summed E-state index contributed by atoms with van der Waals surface area (Å²) in [6.45, 7) is 3.85. The van der Waals surface area contributed by atoms with Crippen LogP contribution in [0.5, 0.6) is 0 Å². The molecular weight excluding hydrogens is 288 g/mol. The summed E-state index contributed by atoms with van der Waals surface area (Å²) in [6.07, 6.45) is 5.04. The van der Waals surface area contributed by atoms with Gasteiger partial charge in [-0.1, -0.05) is 18.2 Å². The molecule has 2 fully saturated rings. The van der Waals surface area contributed by atoms with Gasteiger partial charge in [0.05, 0.1) is 6.04 Å². The van der Waals surface area contributed by atoms with Crippen LogP contribution in [0.25, 0.3) is 10.9 Å². The van der Waals surface area contributed by atoms with E-state index < -0.39 is 6.04 Å². The molecule has 1 amide bonds. The van der Waals surface area contributed by atoms with E-state index in [9.17, 15) is 4.79 Å². The summed E-state index contributed by atoms with van der Waals surface area (Å²) in [7, 11) is 0. The van der Waals surface area contributed by atoms with Crippen LogP contribution in [-0.4, -0.2) is 59.0 Å². The maximum Gasteiger partial charge on any atom is 0.239 e. The Morgan fingerprint density at radius 3 is 3.09 bits per heavy atom. The van der Waals surface area contributed by atoms with Gasteiger partial charge in [-0.3, -0.25) is 9.69 Å². The van der Waals surface area contributed by atoms with Crippen LogP contribution in [0.2, 0.25) is 0 Å². The van der Waals surface area contributed by atoms with Gasteiger partial charge in [-0.15, -0.1) is 0 Å². The smallest absolute Gasteiger partial charge is 0.239 e. The number of fused-ring (bicyclic) bond motifs is 2. The molecule has 2 aliphatic heterocycles. The van der Waals surface area contributed by atoms with Crippen molar-refractivity contribution >= 4 is 16.8 Å². The van der Waals surface area contributed by atoms with Crippen LogP contribution in [0.15, 0.2) is 30.5 Å². The number of hydrogen-bond acceptors (Lipinski definition) is 3. The Labute approximate surface area is 136 Å². The predicted octanol–water partition coefficient (Wildman–Crippen LogP) is 1.34. The minimum Gasteiger partial charge on any atom is -0.361 e. The molecule has 4 rings (SSSR count). The molecule has 2 aromatic rings. The van der Waals surface area contributed by atoms with Gasteiger partial charge in [-0.2, -0.15) is 0 Å². The number of H-pyrrole nitrogens is 1. The van der Waals surface area contributed by atoms with Crippen molar-refractivity contribution in [2.45, 2.75) is 31.3 Å². The Bertz CT molecular complexity index is 710. The molecule has 122 valence electrons. The van der Waals surface area contributed by atoms with Crippen LogP contribution < -0.4 is 5.73 Å². The van der Waals surface area contributed by atoms with Crippen LogP contribution in [0.3, 0.4) is 0 Å². The molecule has 2 atom stereocenters. The fraction of sp³-hybridized carbons (Fsp3) is 0.500. The lowest BCUT2D eigenvalue weighted by Gasteiger charge is -2.38. The van der Waals surface area contributed by atoms with Crippen LogP contribution in [0, 0.1) is 0 Å². The highest BCUT2D eigenvalue weighted by Gasteiger charge is 2.34. The molecule has 2 saturated heterocycles. The van der Waals surface area contributed by atoms with Crippen molar-refractivity contribution in [2.75, 3.05) is 26.2 Å². The summed E-state index contributed by atoms with van der Waals surface area (Å²) in [5, 5.41) is 1.16. The van der Waals surface area contributed by atoms with Crippen LogP contribution >= 0.6 is 0 Å². The van der Waals surface area contributed by atoms with Gasteiger partial charge in [-0.05, 0) is 37.4 Å². The van der Waals surface area contributed by atoms with Crippen molar-refractivity contribution in [3.63, 3.8) is 0 Å². The number of carbonyl (C=O) groups excluding carboxylic acids is 1. The monoisotopic (exact) mass is 312 g/mol. The molecule has 2 aliphatic rings. The van der Waals surface area contributed by atoms with E-state index in [0.717, 1.165) is 36.1 Å². The lowest BCUT2D eigenvalue weighted by atomic mass is 10.0. The van der Waals surface area contributed by atoms with Crippen molar-refractivity contribution in [1.29, 1.82) is 0 Å². The first kappa shape index (κ1) is 14.7. The molecule has 1 aromatic carbocycles. The van der Waals surface area contributed by atoms with E-state index in [-0.39, 0.29) is 5.91 Å². The molecule has 5 nitrogen and oxygen atoms in total. The molecule has 1 aromatic heterocycles. The number of amides is 1. The maximum atomic E-state index is 12.7. The largest absolute Gasteiger partial charge is 0.361 e. The number of carbonyl (C=O) groups is 1. The Hall–Kier alpha value is -1.85. The number of nitrogens with two attached hydrogens (primary N) is 1. The molecule has 0 bridgehead atoms. The predicted molar refractivity (Wildman–Crippen MR) is 91.2 cm³/mol. The van der Waals surface area contributed by atoms with E-state index in [4.69, 9.17) is 5.73 Å². The molecular formula is C18H24N4O. The lowest BCUT2D eigenvalue weighted by Crippen LogP contribution is -2.56. The SMILES string of the molecule is N[C@@H](Cc1c[nH]c2ccccc12)C(=O)N1CCN2CCCC2C1. The Morgan fingerprint density at radius 2 is 2.17 bits per heavy atom. The molecule has 3 heterocycles. The molecule has 0 spiro atoms. The van der Waals surface area contributed by atoms with Gasteiger partial charge in [0.25, 0.3) is 0 Å². The Kier molecular flexibility index (Phi) is 3.83. The molecule has 0 aliphatic carbocycles. The van der Waals surface area contributed by atoms with E-state index >= 15 is 0 Å². The van der Waals surface area contributed by atoms with Gasteiger partial charge in [0.1, 0.15) is 0 Å². The third-order valence-electron chi connectivity index (χ3n) is 5.33. The first-order valence-corrected chi connectivity index (χ1v) is 8.56. The average Bonchev–Trinajstić information content (AvgIpc) is 3.20. The van der Waals surface area contributed by atoms with Crippen LogP contribution in [0.1, 0.15) is 18.4 Å². The Balaban J connectivity index is 1.44. The fourth-order valence-electron chi connectivity index (χ4n) is 4.05. The zero-order valence-corrected chi connectivity index (χ0v) is 13.4. The number of nitrogens with one attached hydrogen (secondary N) is 1. The van der Waals surface area contributed by atoms with Gasteiger partial charge in [0.15, 0.2) is 0 Å². The van der Waals surface area contributed by atoms with Gasteiger partial charge in [-0.25, -0.2) is 0 Å². The van der Waals surface area contributed by atoms with Crippen molar-refractivity contribution in [2.24, 2.45) is 5.73 Å². The zero-order chi connectivity index (χ0) is 15.8. The zero-order valence-electron chi connectivity index (χ0n) is 13.4. The minimum atomic E-state index is -0.456. The van der Waals surface area contributed by atoms with Gasteiger partial charge < -0.3 is 15.6 Å². The number of aromatic amines is 1. The highest BCUT2D eigenvalue weighted by atomic mass is 16.2. The molecule has 0 radical (unpaired) electrons. The van der Waals surface area contributed by atoms with Gasteiger partial charge in [0.2, 0.25) is 5.91 Å². The summed E-state index contributed by atoms with van der Waals surface area (Å²) < 4.78 is 0. The maximum absolute atomic E-state index is 12.7. The van der Waals surface area contributed by atoms with E-state index in [2.05, 4.69) is 16.0 Å². The van der Waals surface area contributed by atoms with Crippen molar-refractivity contribution in [3.05, 3.63) is 36.0 Å². The highest BCUT2D eigenvalue weighted by Crippen LogP contribution is 2.23. The third kappa shape index (κ3) is 2.75. The summed E-state index contributed by atoms with van der Waals surface area (Å²) in [4.78, 5) is 20.5. The molecule has 3 N–H and O–H groups in total. The molecule has 1 unspecified atom stereocenters. The number of hydrogen-bond donors (Lipinski definition) is 2. The normalized spacial score (nSPS) is 23.2. The summed E-state index contributed by atoms with van der Waals surface area (Å²) >= 11 is 0. The molecule has 5 heteroatoms. The number of para-hydroxylation sites is 1. The second-order valence-corrected chi connectivity index (χ2v) is 6.79. The lowest BCUT2D eigenvalue weighted by molar-refractivity contribution is -0.135. The summed E-state index contributed by atoms with van der Waals surface area (Å²) in [6, 6.07) is 8.25. The fourth-order valence-corrected chi connectivity index (χ4v) is 4.05. The first-order chi connectivity index (χ1) is 11.2. The highest BCUT2D eigenvalue weighted by molar-refractivity contribution is 5.86. The number of piperazine rings is 1. The second-order valence-electron chi connectivity index (χ2n) is 6.79. The van der Waals surface area contributed by atoms with E-state index in [1.54, 1.807) is 0 Å². The van der Waals surface area contributed by atoms with E-state index in [1.807, 2.05) is 29.3 Å². The number of aromatic nitrogens is 1. The van der Waals surface area contributed by atoms with Crippen LogP contribution in [-0.2, 0) is 11.2 Å². The van der Waals surface area contributed by atoms with Crippen molar-refractivity contribution in [3.8, 4) is 0 Å². The summed E-state index contributed by atoms with van der Waals surface area (Å²) in [5.41, 5.74) is 8.47. The van der Waals surface area contributed by atoms with Gasteiger partial charge >= 0.3 is 0 Å². The third-order valence-corrected chi connectivity index (χ3v) is 5.33. The first-order valence-electron chi connectivity index (χ1n) is 8.56. The van der Waals surface area contributed by atoms with Gasteiger partial charge in [0, 0.05) is 42.8 Å². The van der Waals surface area contributed by atoms with E-state index in [1.165, 1.54) is 19.4 Å². The minimum absolute atomic E-state index is 0.0989. The van der Waals surface area contributed by atoms with E-state index in [0.29, 0.717) is 12.5 Å². The number of rotatable bonds is 3. The second kappa shape index (κ2) is 5.98. The van der Waals surface area contributed by atoms with Crippen molar-refractivity contribution < 1.29 is 4.79 Å². The topological polar surface area (TPSA) is 65.4 Å². The number of benzene rings is 1. The quantitative estimate of drug-likeness (QED) is 0.899. The summed E-state index contributed by atoms with van der Waals surface area (Å²) in [5.74, 6) is 0.0989. The number of nitrogens with zero attached hydrogens (tertiary/aromatic N) is 2.